The van der Waals surface area contributed by atoms with E-state index in [0.717, 1.165) is 0 Å². The third-order valence-corrected chi connectivity index (χ3v) is 4.24. The number of sulfonamides is 1. The lowest BCUT2D eigenvalue weighted by Crippen LogP contribution is -2.49. The fourth-order valence-electron chi connectivity index (χ4n) is 1.72. The van der Waals surface area contributed by atoms with Crippen molar-refractivity contribution >= 4 is 33.4 Å². The van der Waals surface area contributed by atoms with Gasteiger partial charge in [0.25, 0.3) is 0 Å². The Hall–Kier alpha value is -1.15. The molecular weight excluding hydrogens is 302 g/mol. The van der Waals surface area contributed by atoms with Crippen LogP contribution >= 0.6 is 12.4 Å². The van der Waals surface area contributed by atoms with Crippen LogP contribution in [0.15, 0.2) is 28.8 Å². The largest absolute Gasteiger partial charge is 0.356 e. The first-order valence-electron chi connectivity index (χ1n) is 5.88. The zero-order chi connectivity index (χ0) is 14.1. The normalized spacial score (nSPS) is 12.3. The summed E-state index contributed by atoms with van der Waals surface area (Å²) in [6.07, 6.45) is 0. The van der Waals surface area contributed by atoms with Gasteiger partial charge in [-0.15, -0.1) is 12.4 Å². The van der Waals surface area contributed by atoms with Crippen LogP contribution in [0.2, 0.25) is 0 Å². The van der Waals surface area contributed by atoms with Crippen molar-refractivity contribution in [1.82, 2.24) is 9.88 Å². The Labute approximate surface area is 124 Å². The highest BCUT2D eigenvalue weighted by molar-refractivity contribution is 7.88. The van der Waals surface area contributed by atoms with Crippen LogP contribution in [0.3, 0.4) is 0 Å². The summed E-state index contributed by atoms with van der Waals surface area (Å²) < 4.78 is 31.8. The summed E-state index contributed by atoms with van der Waals surface area (Å²) >= 11 is 0. The molecule has 0 saturated carbocycles. The number of rotatable bonds is 5. The van der Waals surface area contributed by atoms with Crippen molar-refractivity contribution in [2.75, 3.05) is 6.54 Å². The molecular formula is C12H18ClN3O3S. The number of benzene rings is 1. The maximum atomic E-state index is 12.1. The number of nitrogens with zero attached hydrogens (tertiary/aromatic N) is 1. The Kier molecular flexibility index (Phi) is 5.15. The first-order valence-corrected chi connectivity index (χ1v) is 7.53. The van der Waals surface area contributed by atoms with Gasteiger partial charge >= 0.3 is 0 Å². The number of para-hydroxylation sites is 1. The Balaban J connectivity index is 0.00000200. The molecule has 1 aromatic carbocycles. The summed E-state index contributed by atoms with van der Waals surface area (Å²) in [4.78, 5) is 0. The fraction of sp³-hybridized carbons (Fsp3) is 0.417. The Morgan fingerprint density at radius 3 is 2.65 bits per heavy atom. The van der Waals surface area contributed by atoms with E-state index >= 15 is 0 Å². The second-order valence-corrected chi connectivity index (χ2v) is 6.80. The minimum absolute atomic E-state index is 0. The summed E-state index contributed by atoms with van der Waals surface area (Å²) in [5, 5.41) is 4.52. The summed E-state index contributed by atoms with van der Waals surface area (Å²) in [5.74, 6) is -0.229. The van der Waals surface area contributed by atoms with Crippen LogP contribution in [0.25, 0.3) is 11.0 Å². The number of nitrogens with two attached hydrogens (primary N) is 1. The monoisotopic (exact) mass is 319 g/mol. The number of hydrogen-bond donors (Lipinski definition) is 2. The van der Waals surface area contributed by atoms with Crippen LogP contribution in [0, 0.1) is 0 Å². The first-order chi connectivity index (χ1) is 8.83. The van der Waals surface area contributed by atoms with Crippen molar-refractivity contribution in [1.29, 1.82) is 0 Å². The van der Waals surface area contributed by atoms with Crippen LogP contribution in [0.5, 0.6) is 0 Å². The van der Waals surface area contributed by atoms with Gasteiger partial charge in [0.15, 0.2) is 5.58 Å². The van der Waals surface area contributed by atoms with E-state index in [1.807, 2.05) is 12.1 Å². The molecule has 2 aromatic rings. The summed E-state index contributed by atoms with van der Waals surface area (Å²) in [6, 6.07) is 7.15. The summed E-state index contributed by atoms with van der Waals surface area (Å²) in [5.41, 5.74) is 5.81. The van der Waals surface area contributed by atoms with Crippen LogP contribution in [-0.2, 0) is 15.8 Å². The second kappa shape index (κ2) is 6.09. The van der Waals surface area contributed by atoms with Gasteiger partial charge in [-0.3, -0.25) is 0 Å². The molecule has 20 heavy (non-hydrogen) atoms. The molecule has 0 fully saturated rings. The molecule has 0 saturated heterocycles. The molecule has 1 heterocycles. The van der Waals surface area contributed by atoms with Gasteiger partial charge in [0.1, 0.15) is 11.4 Å². The van der Waals surface area contributed by atoms with Crippen LogP contribution in [-0.4, -0.2) is 25.7 Å². The van der Waals surface area contributed by atoms with E-state index in [2.05, 4.69) is 9.88 Å². The van der Waals surface area contributed by atoms with E-state index in [9.17, 15) is 8.42 Å². The molecule has 0 unspecified atom stereocenters. The topological polar surface area (TPSA) is 98.2 Å². The molecule has 0 bridgehead atoms. The van der Waals surface area contributed by atoms with E-state index in [1.165, 1.54) is 0 Å². The third kappa shape index (κ3) is 3.92. The molecule has 0 aliphatic heterocycles. The molecule has 0 radical (unpaired) electrons. The predicted octanol–water partition coefficient (Wildman–Crippen LogP) is 1.41. The summed E-state index contributed by atoms with van der Waals surface area (Å²) in [7, 11) is -3.52. The second-order valence-electron chi connectivity index (χ2n) is 5.07. The fourth-order valence-corrected chi connectivity index (χ4v) is 3.29. The van der Waals surface area contributed by atoms with Crippen molar-refractivity contribution in [3.63, 3.8) is 0 Å². The summed E-state index contributed by atoms with van der Waals surface area (Å²) in [6.45, 7) is 3.67. The maximum absolute atomic E-state index is 12.1. The van der Waals surface area contributed by atoms with E-state index in [0.29, 0.717) is 16.7 Å². The molecule has 0 amide bonds. The highest BCUT2D eigenvalue weighted by atomic mass is 35.5. The van der Waals surface area contributed by atoms with Gasteiger partial charge in [-0.1, -0.05) is 17.3 Å². The lowest BCUT2D eigenvalue weighted by Gasteiger charge is -2.23. The van der Waals surface area contributed by atoms with E-state index in [1.54, 1.807) is 26.0 Å². The molecule has 112 valence electrons. The van der Waals surface area contributed by atoms with Crippen molar-refractivity contribution < 1.29 is 12.9 Å². The SMILES string of the molecule is CC(C)(CN)NS(=O)(=O)Cc1noc2ccccc12.Cl. The van der Waals surface area contributed by atoms with E-state index < -0.39 is 15.6 Å². The number of nitrogens with one attached hydrogen (secondary N) is 1. The van der Waals surface area contributed by atoms with Crippen LogP contribution in [0.1, 0.15) is 19.5 Å². The van der Waals surface area contributed by atoms with Gasteiger partial charge in [0.2, 0.25) is 10.0 Å². The Morgan fingerprint density at radius 2 is 2.00 bits per heavy atom. The average molecular weight is 320 g/mol. The predicted molar refractivity (Wildman–Crippen MR) is 80.1 cm³/mol. The van der Waals surface area contributed by atoms with Crippen LogP contribution in [0.4, 0.5) is 0 Å². The lowest BCUT2D eigenvalue weighted by molar-refractivity contribution is 0.444. The number of fused-ring (bicyclic) bond motifs is 1. The lowest BCUT2D eigenvalue weighted by atomic mass is 10.1. The number of hydrogen-bond acceptors (Lipinski definition) is 5. The Bertz CT molecular complexity index is 682. The molecule has 3 N–H and O–H groups in total. The van der Waals surface area contributed by atoms with E-state index in [4.69, 9.17) is 10.3 Å². The van der Waals surface area contributed by atoms with Crippen molar-refractivity contribution in [2.45, 2.75) is 25.1 Å². The van der Waals surface area contributed by atoms with Crippen molar-refractivity contribution in [2.24, 2.45) is 5.73 Å². The van der Waals surface area contributed by atoms with Gasteiger partial charge in [-0.05, 0) is 26.0 Å². The zero-order valence-corrected chi connectivity index (χ0v) is 12.9. The van der Waals surface area contributed by atoms with E-state index in [-0.39, 0.29) is 24.7 Å². The smallest absolute Gasteiger partial charge is 0.218 e. The molecule has 1 aromatic heterocycles. The van der Waals surface area contributed by atoms with Gasteiger partial charge in [-0.25, -0.2) is 13.1 Å². The van der Waals surface area contributed by atoms with Gasteiger partial charge in [-0.2, -0.15) is 0 Å². The number of aromatic nitrogens is 1. The molecule has 0 spiro atoms. The molecule has 2 rings (SSSR count). The van der Waals surface area contributed by atoms with Gasteiger partial charge in [0.05, 0.1) is 0 Å². The quantitative estimate of drug-likeness (QED) is 0.868. The highest BCUT2D eigenvalue weighted by Gasteiger charge is 2.25. The maximum Gasteiger partial charge on any atom is 0.218 e. The minimum Gasteiger partial charge on any atom is -0.356 e. The molecule has 0 atom stereocenters. The first kappa shape index (κ1) is 16.9. The number of halogens is 1. The van der Waals surface area contributed by atoms with Crippen LogP contribution < -0.4 is 10.5 Å². The van der Waals surface area contributed by atoms with Gasteiger partial charge in [0, 0.05) is 17.5 Å². The molecule has 0 aliphatic carbocycles. The third-order valence-electron chi connectivity index (χ3n) is 2.72. The average Bonchev–Trinajstić information content (AvgIpc) is 2.71. The Morgan fingerprint density at radius 1 is 1.35 bits per heavy atom. The molecule has 8 heteroatoms. The standard InChI is InChI=1S/C12H17N3O3S.ClH/c1-12(2,8-13)15-19(16,17)7-10-9-5-3-4-6-11(9)18-14-10;/h3-6,15H,7-8,13H2,1-2H3;1H. The molecule has 6 nitrogen and oxygen atoms in total. The van der Waals surface area contributed by atoms with Crippen molar-refractivity contribution in [3.05, 3.63) is 30.0 Å². The molecule has 0 aliphatic rings. The van der Waals surface area contributed by atoms with Gasteiger partial charge < -0.3 is 10.3 Å². The highest BCUT2D eigenvalue weighted by Crippen LogP contribution is 2.19. The zero-order valence-electron chi connectivity index (χ0n) is 11.3. The van der Waals surface area contributed by atoms with Crippen molar-refractivity contribution in [3.8, 4) is 0 Å². The minimum atomic E-state index is -3.52.